The molecule has 10 nitrogen and oxygen atoms in total. The molecule has 3 aromatic heterocycles. The lowest BCUT2D eigenvalue weighted by Crippen LogP contribution is -2.55. The number of nitrogens with zero attached hydrogens (tertiary/aromatic N) is 8. The van der Waals surface area contributed by atoms with E-state index in [1.165, 1.54) is 0 Å². The van der Waals surface area contributed by atoms with Crippen LogP contribution in [0, 0.1) is 0 Å². The topological polar surface area (TPSA) is 102 Å². The minimum absolute atomic E-state index is 0.200. The molecule has 0 bridgehead atoms. The number of carbonyl (C=O) groups is 1. The maximum Gasteiger partial charge on any atom is 0.410 e. The van der Waals surface area contributed by atoms with E-state index in [0.29, 0.717) is 35.7 Å². The van der Waals surface area contributed by atoms with Crippen LogP contribution in [0.2, 0.25) is 0 Å². The molecule has 3 aromatic rings. The van der Waals surface area contributed by atoms with Crippen molar-refractivity contribution in [2.45, 2.75) is 32.4 Å². The predicted octanol–water partition coefficient (Wildman–Crippen LogP) is 1.89. The predicted molar refractivity (Wildman–Crippen MR) is 102 cm³/mol. The lowest BCUT2D eigenvalue weighted by Gasteiger charge is -2.40. The van der Waals surface area contributed by atoms with E-state index in [4.69, 9.17) is 4.74 Å². The fourth-order valence-electron chi connectivity index (χ4n) is 2.70. The highest BCUT2D eigenvalue weighted by Crippen LogP contribution is 2.27. The molecule has 0 radical (unpaired) electrons. The molecule has 0 atom stereocenters. The third-order valence-electron chi connectivity index (χ3n) is 4.62. The Balaban J connectivity index is 1.54. The highest BCUT2D eigenvalue weighted by molar-refractivity contribution is 9.10. The number of tetrazole rings is 1. The van der Waals surface area contributed by atoms with Crippen molar-refractivity contribution in [2.24, 2.45) is 0 Å². The van der Waals surface area contributed by atoms with E-state index in [2.05, 4.69) is 41.4 Å². The van der Waals surface area contributed by atoms with E-state index >= 15 is 0 Å². The van der Waals surface area contributed by atoms with Gasteiger partial charge in [-0.15, -0.1) is 5.10 Å². The molecule has 142 valence electrons. The molecular weight excluding hydrogens is 416 g/mol. The smallest absolute Gasteiger partial charge is 0.410 e. The number of hydrogen-bond acceptors (Lipinski definition) is 8. The summed E-state index contributed by atoms with van der Waals surface area (Å²) >= 11 is 3.40. The maximum absolute atomic E-state index is 12.2. The van der Waals surface area contributed by atoms with E-state index in [0.717, 1.165) is 4.47 Å². The fraction of sp³-hybridized carbons (Fsp3) is 0.500. The van der Waals surface area contributed by atoms with Crippen molar-refractivity contribution in [3.05, 3.63) is 16.7 Å². The van der Waals surface area contributed by atoms with Gasteiger partial charge in [0.15, 0.2) is 11.5 Å². The summed E-state index contributed by atoms with van der Waals surface area (Å²) < 4.78 is 7.99. The second kappa shape index (κ2) is 6.25. The Hall–Kier alpha value is -2.56. The molecule has 1 fully saturated rings. The van der Waals surface area contributed by atoms with E-state index in [9.17, 15) is 4.79 Å². The summed E-state index contributed by atoms with van der Waals surface area (Å²) in [5.41, 5.74) is 1.50. The summed E-state index contributed by atoms with van der Waals surface area (Å²) in [7, 11) is 1.73. The Morgan fingerprint density at radius 3 is 2.81 bits per heavy atom. The largest absolute Gasteiger partial charge is 0.442 e. The second-order valence-electron chi connectivity index (χ2n) is 7.49. The Bertz CT molecular complexity index is 1020. The Kier molecular flexibility index (Phi) is 4.13. The summed E-state index contributed by atoms with van der Waals surface area (Å²) in [4.78, 5) is 24.7. The van der Waals surface area contributed by atoms with Crippen LogP contribution in [0.3, 0.4) is 0 Å². The van der Waals surface area contributed by atoms with Gasteiger partial charge in [0.1, 0.15) is 11.6 Å². The van der Waals surface area contributed by atoms with Crippen molar-refractivity contribution in [2.75, 3.05) is 25.0 Å². The number of hydrogen-bond donors (Lipinski definition) is 0. The van der Waals surface area contributed by atoms with Crippen molar-refractivity contribution in [3.8, 4) is 0 Å². The van der Waals surface area contributed by atoms with Gasteiger partial charge in [-0.3, -0.25) is 0 Å². The number of amides is 1. The Labute approximate surface area is 163 Å². The first-order chi connectivity index (χ1) is 12.7. The third kappa shape index (κ3) is 3.15. The van der Waals surface area contributed by atoms with Crippen LogP contribution in [-0.2, 0) is 4.74 Å². The number of halogens is 1. The second-order valence-corrected chi connectivity index (χ2v) is 8.40. The molecule has 1 saturated heterocycles. The minimum atomic E-state index is -0.334. The summed E-state index contributed by atoms with van der Waals surface area (Å²) in [5, 5.41) is 11.9. The Morgan fingerprint density at radius 2 is 2.11 bits per heavy atom. The van der Waals surface area contributed by atoms with Crippen LogP contribution < -0.4 is 4.90 Å². The third-order valence-corrected chi connectivity index (χ3v) is 5.05. The van der Waals surface area contributed by atoms with Crippen LogP contribution in [0.15, 0.2) is 16.7 Å². The summed E-state index contributed by atoms with van der Waals surface area (Å²) in [6.45, 7) is 6.94. The number of anilines is 1. The van der Waals surface area contributed by atoms with E-state index < -0.39 is 0 Å². The molecule has 0 saturated carbocycles. The average Bonchev–Trinajstić information content (AvgIpc) is 3.06. The molecule has 0 N–H and O–H groups in total. The van der Waals surface area contributed by atoms with E-state index in [1.807, 2.05) is 31.7 Å². The molecule has 27 heavy (non-hydrogen) atoms. The van der Waals surface area contributed by atoms with Gasteiger partial charge in [0.25, 0.3) is 0 Å². The molecule has 1 aliphatic heterocycles. The van der Waals surface area contributed by atoms with Crippen LogP contribution in [0.25, 0.3) is 16.8 Å². The number of rotatable bonds is 2. The molecule has 0 aromatic carbocycles. The van der Waals surface area contributed by atoms with Crippen molar-refractivity contribution < 1.29 is 9.53 Å². The fourth-order valence-corrected chi connectivity index (χ4v) is 3.01. The zero-order chi connectivity index (χ0) is 19.3. The monoisotopic (exact) mass is 434 g/mol. The molecule has 0 unspecified atom stereocenters. The molecule has 11 heteroatoms. The lowest BCUT2D eigenvalue weighted by molar-refractivity contribution is 0.0365. The van der Waals surface area contributed by atoms with Gasteiger partial charge in [-0.2, -0.15) is 4.52 Å². The minimum Gasteiger partial charge on any atom is -0.442 e. The molecule has 0 aliphatic carbocycles. The molecule has 4 rings (SSSR count). The molecular formula is C16H19BrN8O2. The zero-order valence-electron chi connectivity index (χ0n) is 15.4. The van der Waals surface area contributed by atoms with Gasteiger partial charge in [-0.1, -0.05) is 0 Å². The first kappa shape index (κ1) is 17.8. The van der Waals surface area contributed by atoms with Crippen molar-refractivity contribution in [1.82, 2.24) is 34.9 Å². The molecule has 1 aliphatic rings. The van der Waals surface area contributed by atoms with E-state index in [1.54, 1.807) is 22.7 Å². The molecule has 0 spiro atoms. The Morgan fingerprint density at radius 1 is 1.37 bits per heavy atom. The van der Waals surface area contributed by atoms with Gasteiger partial charge in [0.2, 0.25) is 5.65 Å². The summed E-state index contributed by atoms with van der Waals surface area (Å²) in [6.07, 6.45) is 1.14. The molecule has 4 heterocycles. The number of carbonyl (C=O) groups excluding carboxylic acids is 1. The number of ether oxygens (including phenoxy) is 1. The standard InChI is InChI=1S/C16H19BrN8O2/c1-16(2,3)23(4)15(26)27-10-7-24(8-10)13-14-20-21-22-25(14)11-5-9(17)6-18-12(11)19-13/h5-6,10H,7-8H2,1-4H3. The number of pyridine rings is 1. The summed E-state index contributed by atoms with van der Waals surface area (Å²) in [6, 6.07) is 1.87. The van der Waals surface area contributed by atoms with Crippen LogP contribution in [-0.4, -0.2) is 72.8 Å². The number of fused-ring (bicyclic) bond motifs is 3. The van der Waals surface area contributed by atoms with Crippen LogP contribution in [0.4, 0.5) is 10.6 Å². The van der Waals surface area contributed by atoms with Crippen molar-refractivity contribution in [3.63, 3.8) is 0 Å². The van der Waals surface area contributed by atoms with Gasteiger partial charge in [-0.25, -0.2) is 14.8 Å². The van der Waals surface area contributed by atoms with Crippen LogP contribution in [0.5, 0.6) is 0 Å². The maximum atomic E-state index is 12.2. The van der Waals surface area contributed by atoms with Crippen LogP contribution in [0.1, 0.15) is 20.8 Å². The first-order valence-electron chi connectivity index (χ1n) is 8.47. The SMILES string of the molecule is CN(C(=O)OC1CN(c2nc3ncc(Br)cc3n3nnnc23)C1)C(C)(C)C. The molecule has 1 amide bonds. The zero-order valence-corrected chi connectivity index (χ0v) is 17.0. The van der Waals surface area contributed by atoms with Gasteiger partial charge in [-0.05, 0) is 53.2 Å². The van der Waals surface area contributed by atoms with Gasteiger partial charge < -0.3 is 14.5 Å². The lowest BCUT2D eigenvalue weighted by atomic mass is 10.1. The summed E-state index contributed by atoms with van der Waals surface area (Å²) in [5.74, 6) is 0.624. The van der Waals surface area contributed by atoms with Gasteiger partial charge in [0.05, 0.1) is 13.1 Å². The normalized spacial score (nSPS) is 15.2. The van der Waals surface area contributed by atoms with Gasteiger partial charge >= 0.3 is 6.09 Å². The van der Waals surface area contributed by atoms with Crippen molar-refractivity contribution >= 4 is 44.7 Å². The number of aromatic nitrogens is 6. The average molecular weight is 435 g/mol. The highest BCUT2D eigenvalue weighted by Gasteiger charge is 2.35. The van der Waals surface area contributed by atoms with Gasteiger partial charge in [0, 0.05) is 23.3 Å². The highest BCUT2D eigenvalue weighted by atomic mass is 79.9. The van der Waals surface area contributed by atoms with Crippen molar-refractivity contribution in [1.29, 1.82) is 0 Å². The quantitative estimate of drug-likeness (QED) is 0.602. The van der Waals surface area contributed by atoms with Crippen LogP contribution >= 0.6 is 15.9 Å². The van der Waals surface area contributed by atoms with E-state index in [-0.39, 0.29) is 17.7 Å². The first-order valence-corrected chi connectivity index (χ1v) is 9.26.